The van der Waals surface area contributed by atoms with Crippen molar-refractivity contribution < 1.29 is 23.8 Å². The highest BCUT2D eigenvalue weighted by Gasteiger charge is 2.25. The van der Waals surface area contributed by atoms with Crippen LogP contribution < -0.4 is 9.47 Å². The molecule has 0 fully saturated rings. The van der Waals surface area contributed by atoms with E-state index in [1.54, 1.807) is 18.2 Å². The molecule has 3 rings (SSSR count). The van der Waals surface area contributed by atoms with E-state index in [4.69, 9.17) is 14.2 Å². The molecule has 6 nitrogen and oxygen atoms in total. The van der Waals surface area contributed by atoms with Crippen LogP contribution in [0.3, 0.4) is 0 Å². The van der Waals surface area contributed by atoms with Gasteiger partial charge in [0.1, 0.15) is 11.5 Å². The van der Waals surface area contributed by atoms with Crippen LogP contribution >= 0.6 is 0 Å². The molecule has 0 bridgehead atoms. The molecule has 0 N–H and O–H groups in total. The standard InChI is InChI=1S/C20H17NO5/c1-12-6-4-5-7-16(12)19-21-17(20(23)26-19)11-14-10-15(24-3)8-9-18(14)25-13(2)22/h4-11H,1-3H3. The van der Waals surface area contributed by atoms with Crippen molar-refractivity contribution in [3.8, 4) is 11.5 Å². The van der Waals surface area contributed by atoms with Gasteiger partial charge in [-0.1, -0.05) is 18.2 Å². The van der Waals surface area contributed by atoms with Gasteiger partial charge in [-0.15, -0.1) is 0 Å². The second kappa shape index (κ2) is 7.23. The lowest BCUT2D eigenvalue weighted by molar-refractivity contribution is -0.132. The largest absolute Gasteiger partial charge is 0.497 e. The Balaban J connectivity index is 2.03. The first-order valence-corrected chi connectivity index (χ1v) is 7.93. The molecule has 132 valence electrons. The first kappa shape index (κ1) is 17.4. The second-order valence-corrected chi connectivity index (χ2v) is 5.65. The van der Waals surface area contributed by atoms with Crippen molar-refractivity contribution >= 4 is 23.9 Å². The number of carbonyl (C=O) groups is 2. The van der Waals surface area contributed by atoms with Gasteiger partial charge in [-0.05, 0) is 42.8 Å². The van der Waals surface area contributed by atoms with Crippen molar-refractivity contribution in [1.82, 2.24) is 0 Å². The van der Waals surface area contributed by atoms with Gasteiger partial charge in [-0.25, -0.2) is 9.79 Å². The topological polar surface area (TPSA) is 74.2 Å². The molecule has 0 saturated carbocycles. The smallest absolute Gasteiger partial charge is 0.363 e. The van der Waals surface area contributed by atoms with Gasteiger partial charge in [-0.3, -0.25) is 4.79 Å². The fourth-order valence-electron chi connectivity index (χ4n) is 2.50. The number of methoxy groups -OCH3 is 1. The molecular weight excluding hydrogens is 334 g/mol. The van der Waals surface area contributed by atoms with E-state index in [9.17, 15) is 9.59 Å². The Labute approximate surface area is 150 Å². The molecule has 2 aromatic carbocycles. The van der Waals surface area contributed by atoms with Crippen LogP contribution in [0.4, 0.5) is 0 Å². The maximum absolute atomic E-state index is 12.2. The molecule has 0 atom stereocenters. The average Bonchev–Trinajstić information content (AvgIpc) is 2.97. The Morgan fingerprint density at radius 1 is 1.19 bits per heavy atom. The van der Waals surface area contributed by atoms with E-state index in [1.807, 2.05) is 31.2 Å². The summed E-state index contributed by atoms with van der Waals surface area (Å²) in [5.74, 6) is 0.0735. The van der Waals surface area contributed by atoms with Gasteiger partial charge in [-0.2, -0.15) is 0 Å². The van der Waals surface area contributed by atoms with Crippen LogP contribution in [-0.2, 0) is 14.3 Å². The van der Waals surface area contributed by atoms with Crippen LogP contribution in [0.2, 0.25) is 0 Å². The predicted octanol–water partition coefficient (Wildman–Crippen LogP) is 3.27. The van der Waals surface area contributed by atoms with Crippen molar-refractivity contribution in [2.24, 2.45) is 4.99 Å². The van der Waals surface area contributed by atoms with Crippen LogP contribution in [0, 0.1) is 6.92 Å². The summed E-state index contributed by atoms with van der Waals surface area (Å²) in [4.78, 5) is 27.8. The van der Waals surface area contributed by atoms with Gasteiger partial charge < -0.3 is 14.2 Å². The highest BCUT2D eigenvalue weighted by atomic mass is 16.6. The number of ether oxygens (including phenoxy) is 3. The third kappa shape index (κ3) is 3.64. The molecule has 0 aromatic heterocycles. The average molecular weight is 351 g/mol. The highest BCUT2D eigenvalue weighted by Crippen LogP contribution is 2.29. The van der Waals surface area contributed by atoms with E-state index in [-0.39, 0.29) is 11.6 Å². The molecular formula is C20H17NO5. The van der Waals surface area contributed by atoms with Gasteiger partial charge in [0, 0.05) is 18.1 Å². The fourth-order valence-corrected chi connectivity index (χ4v) is 2.50. The number of hydrogen-bond donors (Lipinski definition) is 0. The molecule has 6 heteroatoms. The van der Waals surface area contributed by atoms with E-state index in [0.29, 0.717) is 17.1 Å². The Kier molecular flexibility index (Phi) is 4.84. The summed E-state index contributed by atoms with van der Waals surface area (Å²) in [6.45, 7) is 3.22. The lowest BCUT2D eigenvalue weighted by Gasteiger charge is -2.08. The summed E-state index contributed by atoms with van der Waals surface area (Å²) in [7, 11) is 1.52. The number of nitrogens with zero attached hydrogens (tertiary/aromatic N) is 1. The number of carbonyl (C=O) groups excluding carboxylic acids is 2. The van der Waals surface area contributed by atoms with Crippen molar-refractivity contribution in [2.45, 2.75) is 13.8 Å². The van der Waals surface area contributed by atoms with Crippen molar-refractivity contribution in [1.29, 1.82) is 0 Å². The van der Waals surface area contributed by atoms with Gasteiger partial charge in [0.25, 0.3) is 0 Å². The molecule has 1 aliphatic heterocycles. The molecule has 0 unspecified atom stereocenters. The molecule has 2 aromatic rings. The zero-order valence-electron chi connectivity index (χ0n) is 14.6. The van der Waals surface area contributed by atoms with E-state index < -0.39 is 11.9 Å². The molecule has 1 heterocycles. The Bertz CT molecular complexity index is 943. The highest BCUT2D eigenvalue weighted by molar-refractivity contribution is 6.13. The maximum Gasteiger partial charge on any atom is 0.363 e. The second-order valence-electron chi connectivity index (χ2n) is 5.65. The molecule has 1 aliphatic rings. The van der Waals surface area contributed by atoms with Crippen LogP contribution in [-0.4, -0.2) is 24.9 Å². The Morgan fingerprint density at radius 2 is 1.96 bits per heavy atom. The minimum Gasteiger partial charge on any atom is -0.497 e. The minimum atomic E-state index is -0.570. The van der Waals surface area contributed by atoms with Crippen LogP contribution in [0.25, 0.3) is 6.08 Å². The van der Waals surface area contributed by atoms with Gasteiger partial charge in [0.05, 0.1) is 7.11 Å². The van der Waals surface area contributed by atoms with E-state index in [0.717, 1.165) is 11.1 Å². The van der Waals surface area contributed by atoms with Crippen LogP contribution in [0.15, 0.2) is 53.2 Å². The Hall–Kier alpha value is -3.41. The first-order valence-electron chi connectivity index (χ1n) is 7.93. The molecule has 0 radical (unpaired) electrons. The van der Waals surface area contributed by atoms with Gasteiger partial charge >= 0.3 is 11.9 Å². The number of aryl methyl sites for hydroxylation is 1. The third-order valence-corrected chi connectivity index (χ3v) is 3.76. The molecule has 0 aliphatic carbocycles. The summed E-state index contributed by atoms with van der Waals surface area (Å²) in [6.07, 6.45) is 1.51. The molecule has 0 amide bonds. The van der Waals surface area contributed by atoms with Crippen molar-refractivity contribution in [3.63, 3.8) is 0 Å². The van der Waals surface area contributed by atoms with Crippen molar-refractivity contribution in [3.05, 3.63) is 64.9 Å². The number of aliphatic imine (C=N–C) groups is 1. The zero-order valence-corrected chi connectivity index (χ0v) is 14.6. The van der Waals surface area contributed by atoms with Crippen LogP contribution in [0.1, 0.15) is 23.6 Å². The van der Waals surface area contributed by atoms with Crippen LogP contribution in [0.5, 0.6) is 11.5 Å². The monoisotopic (exact) mass is 351 g/mol. The molecule has 0 spiro atoms. The van der Waals surface area contributed by atoms with E-state index in [2.05, 4.69) is 4.99 Å². The minimum absolute atomic E-state index is 0.116. The summed E-state index contributed by atoms with van der Waals surface area (Å²) in [5.41, 5.74) is 2.29. The SMILES string of the molecule is COc1ccc(OC(C)=O)c(C=C2N=C(c3ccccc3C)OC2=O)c1. The number of hydrogen-bond acceptors (Lipinski definition) is 6. The van der Waals surface area contributed by atoms with Gasteiger partial charge in [0.2, 0.25) is 5.90 Å². The Morgan fingerprint density at radius 3 is 2.65 bits per heavy atom. The third-order valence-electron chi connectivity index (χ3n) is 3.76. The lowest BCUT2D eigenvalue weighted by Crippen LogP contribution is -2.07. The quantitative estimate of drug-likeness (QED) is 0.480. The number of esters is 2. The lowest BCUT2D eigenvalue weighted by atomic mass is 10.1. The fraction of sp³-hybridized carbons (Fsp3) is 0.150. The summed E-state index contributed by atoms with van der Waals surface area (Å²) in [5, 5.41) is 0. The normalized spacial score (nSPS) is 14.8. The first-order chi connectivity index (χ1) is 12.5. The van der Waals surface area contributed by atoms with Crippen molar-refractivity contribution in [2.75, 3.05) is 7.11 Å². The summed E-state index contributed by atoms with van der Waals surface area (Å²) >= 11 is 0. The molecule has 0 saturated heterocycles. The van der Waals surface area contributed by atoms with Gasteiger partial charge in [0.15, 0.2) is 5.70 Å². The van der Waals surface area contributed by atoms with E-state index >= 15 is 0 Å². The summed E-state index contributed by atoms with van der Waals surface area (Å²) < 4.78 is 15.7. The zero-order chi connectivity index (χ0) is 18.7. The molecule has 26 heavy (non-hydrogen) atoms. The van der Waals surface area contributed by atoms with E-state index in [1.165, 1.54) is 20.1 Å². The number of benzene rings is 2. The number of rotatable bonds is 4. The predicted molar refractivity (Wildman–Crippen MR) is 96.1 cm³/mol. The summed E-state index contributed by atoms with van der Waals surface area (Å²) in [6, 6.07) is 12.4. The maximum atomic E-state index is 12.2. The number of cyclic esters (lactones) is 1.